The van der Waals surface area contributed by atoms with Gasteiger partial charge in [-0.15, -0.1) is 0 Å². The van der Waals surface area contributed by atoms with E-state index in [1.807, 2.05) is 0 Å². The second-order valence-corrected chi connectivity index (χ2v) is 7.23. The summed E-state index contributed by atoms with van der Waals surface area (Å²) in [6.07, 6.45) is 11.8. The maximum absolute atomic E-state index is 11.6. The molecule has 3 unspecified atom stereocenters. The Morgan fingerprint density at radius 2 is 1.11 bits per heavy atom. The normalized spacial score (nSPS) is 17.2. The van der Waals surface area contributed by atoms with Crippen LogP contribution in [0, 0.1) is 0 Å². The van der Waals surface area contributed by atoms with Crippen LogP contribution in [-0.4, -0.2) is 55.8 Å². The zero-order valence-corrected chi connectivity index (χ0v) is 17.1. The van der Waals surface area contributed by atoms with Crippen molar-refractivity contribution in [2.45, 2.75) is 97.2 Å². The monoisotopic (exact) mass is 386 g/mol. The molecule has 0 aromatic heterocycles. The molecule has 3 atom stereocenters. The first-order valence-electron chi connectivity index (χ1n) is 9.86. The second-order valence-electron chi connectivity index (χ2n) is 7.23. The standard InChI is InChI=1S/C20H35NO6/c1-5-6-7-8-9-10-11-12-13-14-21(15(2)18(22)23,16(3)19(24)25)17(4)20(26)27/h13-17H,5-12H2,1-4H3,(H2-,22,23,24,25,26,27)/p+1/b14-13+. The largest absolute Gasteiger partial charge is 0.477 e. The molecule has 0 fully saturated rings. The summed E-state index contributed by atoms with van der Waals surface area (Å²) in [6, 6.07) is -3.60. The lowest BCUT2D eigenvalue weighted by Gasteiger charge is -2.44. The molecular formula is C20H36NO6+. The third-order valence-corrected chi connectivity index (χ3v) is 5.42. The van der Waals surface area contributed by atoms with Gasteiger partial charge in [0.1, 0.15) is 0 Å². The van der Waals surface area contributed by atoms with E-state index in [1.165, 1.54) is 52.7 Å². The fourth-order valence-electron chi connectivity index (χ4n) is 3.44. The molecule has 0 heterocycles. The van der Waals surface area contributed by atoms with Crippen LogP contribution in [0.25, 0.3) is 0 Å². The summed E-state index contributed by atoms with van der Waals surface area (Å²) in [7, 11) is 0. The van der Waals surface area contributed by atoms with E-state index in [0.29, 0.717) is 6.42 Å². The molecule has 0 saturated carbocycles. The number of aliphatic carboxylic acids is 3. The molecule has 3 N–H and O–H groups in total. The molecule has 0 bridgehead atoms. The van der Waals surface area contributed by atoms with Crippen molar-refractivity contribution in [2.75, 3.05) is 0 Å². The Hall–Kier alpha value is -1.89. The van der Waals surface area contributed by atoms with Crippen molar-refractivity contribution in [3.05, 3.63) is 12.3 Å². The zero-order chi connectivity index (χ0) is 21.0. The fraction of sp³-hybridized carbons (Fsp3) is 0.750. The molecule has 7 heteroatoms. The summed E-state index contributed by atoms with van der Waals surface area (Å²) < 4.78 is -0.656. The number of quaternary nitrogens is 1. The van der Waals surface area contributed by atoms with Crippen molar-refractivity contribution >= 4 is 17.9 Å². The number of carboxylic acids is 3. The van der Waals surface area contributed by atoms with Crippen LogP contribution in [0.5, 0.6) is 0 Å². The van der Waals surface area contributed by atoms with E-state index in [1.54, 1.807) is 6.08 Å². The topological polar surface area (TPSA) is 112 Å². The quantitative estimate of drug-likeness (QED) is 0.291. The Morgan fingerprint density at radius 3 is 1.48 bits per heavy atom. The van der Waals surface area contributed by atoms with E-state index in [2.05, 4.69) is 6.92 Å². The SMILES string of the molecule is CCCCCCCCC/C=C/[N+](C(C)C(=O)O)(C(C)C(=O)O)C(C)C(=O)O. The third-order valence-electron chi connectivity index (χ3n) is 5.42. The summed E-state index contributed by atoms with van der Waals surface area (Å²) in [5, 5.41) is 28.5. The lowest BCUT2D eigenvalue weighted by atomic mass is 10.0. The Kier molecular flexibility index (Phi) is 11.6. The number of hydrogen-bond acceptors (Lipinski definition) is 3. The molecular weight excluding hydrogens is 350 g/mol. The van der Waals surface area contributed by atoms with Crippen LogP contribution in [0.1, 0.15) is 79.1 Å². The summed E-state index contributed by atoms with van der Waals surface area (Å²) >= 11 is 0. The van der Waals surface area contributed by atoms with Gasteiger partial charge in [-0.3, -0.25) is 4.48 Å². The molecule has 0 aromatic carbocycles. The molecule has 0 radical (unpaired) electrons. The van der Waals surface area contributed by atoms with Gasteiger partial charge >= 0.3 is 17.9 Å². The van der Waals surface area contributed by atoms with Crippen molar-refractivity contribution in [1.82, 2.24) is 0 Å². The number of rotatable bonds is 15. The highest BCUT2D eigenvalue weighted by molar-refractivity contribution is 5.77. The number of carbonyl (C=O) groups is 3. The van der Waals surface area contributed by atoms with Crippen LogP contribution in [0.3, 0.4) is 0 Å². The predicted octanol–water partition coefficient (Wildman–Crippen LogP) is 3.88. The fourth-order valence-corrected chi connectivity index (χ4v) is 3.44. The first kappa shape index (κ1) is 25.1. The second kappa shape index (κ2) is 12.5. The highest BCUT2D eigenvalue weighted by Crippen LogP contribution is 2.27. The van der Waals surface area contributed by atoms with E-state index < -0.39 is 40.5 Å². The Balaban J connectivity index is 5.26. The van der Waals surface area contributed by atoms with E-state index in [9.17, 15) is 29.7 Å². The van der Waals surface area contributed by atoms with Gasteiger partial charge in [-0.1, -0.05) is 45.4 Å². The van der Waals surface area contributed by atoms with Gasteiger partial charge in [-0.05, 0) is 39.7 Å². The molecule has 7 nitrogen and oxygen atoms in total. The average Bonchev–Trinajstić information content (AvgIpc) is 2.61. The molecule has 0 saturated heterocycles. The minimum Gasteiger partial charge on any atom is -0.477 e. The van der Waals surface area contributed by atoms with Crippen LogP contribution in [0.15, 0.2) is 12.3 Å². The van der Waals surface area contributed by atoms with Crippen LogP contribution < -0.4 is 0 Å². The average molecular weight is 387 g/mol. The van der Waals surface area contributed by atoms with Crippen molar-refractivity contribution in [3.63, 3.8) is 0 Å². The summed E-state index contributed by atoms with van der Waals surface area (Å²) in [5.41, 5.74) is 0. The summed E-state index contributed by atoms with van der Waals surface area (Å²) in [6.45, 7) is 6.25. The first-order chi connectivity index (χ1) is 12.6. The van der Waals surface area contributed by atoms with Gasteiger partial charge in [0.05, 0.1) is 6.20 Å². The van der Waals surface area contributed by atoms with E-state index in [-0.39, 0.29) is 0 Å². The minimum absolute atomic E-state index is 0.656. The highest BCUT2D eigenvalue weighted by Gasteiger charge is 2.51. The summed E-state index contributed by atoms with van der Waals surface area (Å²) in [4.78, 5) is 34.9. The Labute approximate surface area is 162 Å². The summed E-state index contributed by atoms with van der Waals surface area (Å²) in [5.74, 6) is -3.68. The van der Waals surface area contributed by atoms with Crippen LogP contribution in [-0.2, 0) is 14.4 Å². The Morgan fingerprint density at radius 1 is 0.741 bits per heavy atom. The molecule has 0 aromatic rings. The smallest absolute Gasteiger partial charge is 0.362 e. The minimum atomic E-state index is -1.23. The van der Waals surface area contributed by atoms with Crippen LogP contribution >= 0.6 is 0 Å². The number of carboxylic acid groups (broad SMARTS) is 3. The third kappa shape index (κ3) is 7.33. The number of unbranched alkanes of at least 4 members (excludes halogenated alkanes) is 7. The maximum atomic E-state index is 11.6. The van der Waals surface area contributed by atoms with Crippen molar-refractivity contribution in [3.8, 4) is 0 Å². The maximum Gasteiger partial charge on any atom is 0.362 e. The van der Waals surface area contributed by atoms with E-state index in [4.69, 9.17) is 0 Å². The lowest BCUT2D eigenvalue weighted by Crippen LogP contribution is -2.67. The lowest BCUT2D eigenvalue weighted by molar-refractivity contribution is -0.922. The molecule has 0 aliphatic heterocycles. The van der Waals surface area contributed by atoms with Gasteiger partial charge in [0.15, 0.2) is 18.1 Å². The number of hydrogen-bond donors (Lipinski definition) is 3. The van der Waals surface area contributed by atoms with Gasteiger partial charge in [0, 0.05) is 0 Å². The van der Waals surface area contributed by atoms with Gasteiger partial charge in [0.2, 0.25) is 0 Å². The molecule has 0 amide bonds. The molecule has 27 heavy (non-hydrogen) atoms. The van der Waals surface area contributed by atoms with Gasteiger partial charge < -0.3 is 15.3 Å². The number of allylic oxidation sites excluding steroid dienone is 1. The van der Waals surface area contributed by atoms with Gasteiger partial charge in [-0.2, -0.15) is 0 Å². The zero-order valence-electron chi connectivity index (χ0n) is 17.1. The highest BCUT2D eigenvalue weighted by atomic mass is 16.4. The van der Waals surface area contributed by atoms with Crippen molar-refractivity contribution < 1.29 is 34.2 Å². The molecule has 0 aliphatic carbocycles. The van der Waals surface area contributed by atoms with E-state index >= 15 is 0 Å². The molecule has 0 spiro atoms. The van der Waals surface area contributed by atoms with Crippen LogP contribution in [0.2, 0.25) is 0 Å². The molecule has 156 valence electrons. The van der Waals surface area contributed by atoms with E-state index in [0.717, 1.165) is 19.3 Å². The molecule has 0 aliphatic rings. The molecule has 0 rings (SSSR count). The van der Waals surface area contributed by atoms with Gasteiger partial charge in [-0.25, -0.2) is 14.4 Å². The first-order valence-corrected chi connectivity index (χ1v) is 9.86. The Bertz CT molecular complexity index is 466. The predicted molar refractivity (Wildman–Crippen MR) is 103 cm³/mol. The van der Waals surface area contributed by atoms with Crippen molar-refractivity contribution in [2.24, 2.45) is 0 Å². The number of nitrogens with zero attached hydrogens (tertiary/aromatic N) is 1. The van der Waals surface area contributed by atoms with Gasteiger partial charge in [0.25, 0.3) is 0 Å². The van der Waals surface area contributed by atoms with Crippen molar-refractivity contribution in [1.29, 1.82) is 0 Å². The van der Waals surface area contributed by atoms with Crippen LogP contribution in [0.4, 0.5) is 0 Å².